The lowest BCUT2D eigenvalue weighted by atomic mass is 10.0. The maximum atomic E-state index is 12.6. The second-order valence-corrected chi connectivity index (χ2v) is 17.3. The number of rotatable bonds is 41. The summed E-state index contributed by atoms with van der Waals surface area (Å²) in [5.74, 6) is -0.224. The van der Waals surface area contributed by atoms with Crippen molar-refractivity contribution < 1.29 is 58.0 Å². The molecule has 0 aromatic heterocycles. The molecule has 0 aliphatic carbocycles. The van der Waals surface area contributed by atoms with Crippen LogP contribution in [0.15, 0.2) is 12.2 Å². The van der Waals surface area contributed by atoms with Crippen LogP contribution in [0, 0.1) is 5.92 Å². The van der Waals surface area contributed by atoms with Crippen molar-refractivity contribution in [2.45, 2.75) is 219 Å². The quantitative estimate of drug-likeness (QED) is 0.0170. The highest BCUT2D eigenvalue weighted by Gasteiger charge is 2.27. The van der Waals surface area contributed by atoms with Crippen LogP contribution in [0.1, 0.15) is 194 Å². The molecule has 0 radical (unpaired) electrons. The van der Waals surface area contributed by atoms with Crippen molar-refractivity contribution in [1.82, 2.24) is 0 Å². The van der Waals surface area contributed by atoms with Gasteiger partial charge in [-0.05, 0) is 44.4 Å². The predicted molar refractivity (Wildman–Crippen MR) is 222 cm³/mol. The van der Waals surface area contributed by atoms with E-state index in [1.807, 2.05) is 6.08 Å². The molecule has 0 saturated heterocycles. The van der Waals surface area contributed by atoms with Crippen molar-refractivity contribution >= 4 is 19.8 Å². The van der Waals surface area contributed by atoms with Gasteiger partial charge in [-0.1, -0.05) is 155 Å². The van der Waals surface area contributed by atoms with Crippen LogP contribution in [0.4, 0.5) is 0 Å². The average molecular weight is 823 g/mol. The van der Waals surface area contributed by atoms with Gasteiger partial charge in [0.15, 0.2) is 6.10 Å². The van der Waals surface area contributed by atoms with E-state index in [2.05, 4.69) is 31.4 Å². The number of phosphoric acid groups is 1. The van der Waals surface area contributed by atoms with Gasteiger partial charge in [0.2, 0.25) is 0 Å². The highest BCUT2D eigenvalue weighted by atomic mass is 31.2. The van der Waals surface area contributed by atoms with Gasteiger partial charge in [0.05, 0.1) is 32.0 Å². The van der Waals surface area contributed by atoms with E-state index in [9.17, 15) is 34.4 Å². The first-order valence-corrected chi connectivity index (χ1v) is 23.7. The number of phosphoric ester groups is 1. The first kappa shape index (κ1) is 54.6. The third-order valence-electron chi connectivity index (χ3n) is 9.80. The number of allylic oxidation sites excluding steroid dienone is 1. The lowest BCUT2D eigenvalue weighted by Gasteiger charge is -2.20. The van der Waals surface area contributed by atoms with Crippen LogP contribution in [0.25, 0.3) is 0 Å². The molecule has 5 atom stereocenters. The lowest BCUT2D eigenvalue weighted by molar-refractivity contribution is -0.161. The zero-order valence-corrected chi connectivity index (χ0v) is 36.4. The molecule has 0 aromatic rings. The van der Waals surface area contributed by atoms with Gasteiger partial charge in [0.1, 0.15) is 12.7 Å². The number of esters is 2. The molecule has 332 valence electrons. The summed E-state index contributed by atoms with van der Waals surface area (Å²) < 4.78 is 32.6. The van der Waals surface area contributed by atoms with Gasteiger partial charge < -0.3 is 34.8 Å². The van der Waals surface area contributed by atoms with Crippen molar-refractivity contribution in [3.8, 4) is 0 Å². The van der Waals surface area contributed by atoms with E-state index in [0.29, 0.717) is 25.7 Å². The smallest absolute Gasteiger partial charge is 0.462 e. The normalized spacial score (nSPS) is 15.2. The Morgan fingerprint density at radius 3 is 1.64 bits per heavy atom. The average Bonchev–Trinajstić information content (AvgIpc) is 3.17. The van der Waals surface area contributed by atoms with E-state index in [0.717, 1.165) is 63.7 Å². The minimum Gasteiger partial charge on any atom is -0.462 e. The summed E-state index contributed by atoms with van der Waals surface area (Å²) in [6.45, 7) is 4.49. The fourth-order valence-electron chi connectivity index (χ4n) is 6.20. The predicted octanol–water partition coefficient (Wildman–Crippen LogP) is 9.41. The van der Waals surface area contributed by atoms with Gasteiger partial charge in [-0.2, -0.15) is 0 Å². The zero-order valence-electron chi connectivity index (χ0n) is 35.5. The summed E-state index contributed by atoms with van der Waals surface area (Å²) in [7, 11) is -4.65. The molecular weight excluding hydrogens is 739 g/mol. The van der Waals surface area contributed by atoms with Gasteiger partial charge >= 0.3 is 19.8 Å². The summed E-state index contributed by atoms with van der Waals surface area (Å²) in [5.41, 5.74) is 0. The number of aliphatic hydroxyl groups is 4. The van der Waals surface area contributed by atoms with Crippen LogP contribution < -0.4 is 0 Å². The number of carbonyl (C=O) groups is 2. The molecule has 0 heterocycles. The Kier molecular flexibility index (Phi) is 36.9. The molecule has 0 bridgehead atoms. The van der Waals surface area contributed by atoms with Crippen molar-refractivity contribution in [3.63, 3.8) is 0 Å². The summed E-state index contributed by atoms with van der Waals surface area (Å²) in [6, 6.07) is 0. The minimum absolute atomic E-state index is 0.146. The molecule has 1 unspecified atom stereocenters. The Balaban J connectivity index is 4.38. The Morgan fingerprint density at radius 2 is 1.11 bits per heavy atom. The van der Waals surface area contributed by atoms with Crippen molar-refractivity contribution in [2.24, 2.45) is 5.92 Å². The highest BCUT2D eigenvalue weighted by Crippen LogP contribution is 2.43. The van der Waals surface area contributed by atoms with Crippen molar-refractivity contribution in [3.05, 3.63) is 12.2 Å². The second kappa shape index (κ2) is 37.9. The van der Waals surface area contributed by atoms with E-state index in [4.69, 9.17) is 19.1 Å². The molecular formula is C43H83O12P. The maximum absolute atomic E-state index is 12.6. The standard InChI is InChI=1S/C43H83O12P/c1-4-5-6-7-19-24-29-40(46)41(47)30-25-20-17-22-26-31-42(48)52-35-39(36-54-56(50,51)53-34-38(45)33-44)55-43(49)32-27-21-16-14-12-10-8-9-11-13-15-18-23-28-37(2)3/h19,24,37-41,44-47H,4-18,20-23,25-36H2,1-3H3,(H,50,51)/b24-19-/t38-,39+,40+,41+/m0/s1. The van der Waals surface area contributed by atoms with Crippen LogP contribution in [0.2, 0.25) is 0 Å². The second-order valence-electron chi connectivity index (χ2n) is 15.9. The first-order chi connectivity index (χ1) is 26.9. The Labute approximate surface area is 340 Å². The summed E-state index contributed by atoms with van der Waals surface area (Å²) >= 11 is 0. The van der Waals surface area contributed by atoms with Gasteiger partial charge in [-0.3, -0.25) is 18.6 Å². The third-order valence-corrected chi connectivity index (χ3v) is 10.7. The fourth-order valence-corrected chi connectivity index (χ4v) is 6.99. The molecule has 0 fully saturated rings. The number of hydrogen-bond acceptors (Lipinski definition) is 11. The summed E-state index contributed by atoms with van der Waals surface area (Å²) in [6.07, 6.45) is 26.3. The topological polar surface area (TPSA) is 189 Å². The van der Waals surface area contributed by atoms with Crippen molar-refractivity contribution in [1.29, 1.82) is 0 Å². The highest BCUT2D eigenvalue weighted by molar-refractivity contribution is 7.47. The number of carbonyl (C=O) groups excluding carboxylic acids is 2. The Hall–Kier alpha value is -1.37. The molecule has 0 aliphatic rings. The number of hydrogen-bond donors (Lipinski definition) is 5. The van der Waals surface area contributed by atoms with E-state index in [1.54, 1.807) is 0 Å². The van der Waals surface area contributed by atoms with Crippen LogP contribution in [-0.4, -0.2) is 88.1 Å². The largest absolute Gasteiger partial charge is 0.472 e. The van der Waals surface area contributed by atoms with Gasteiger partial charge in [0.25, 0.3) is 0 Å². The molecule has 56 heavy (non-hydrogen) atoms. The zero-order chi connectivity index (χ0) is 41.7. The monoisotopic (exact) mass is 823 g/mol. The lowest BCUT2D eigenvalue weighted by Crippen LogP contribution is -2.29. The van der Waals surface area contributed by atoms with E-state index in [-0.39, 0.29) is 19.4 Å². The molecule has 0 spiro atoms. The van der Waals surface area contributed by atoms with Gasteiger partial charge in [0, 0.05) is 12.8 Å². The molecule has 5 N–H and O–H groups in total. The SMILES string of the molecule is CCCCC/C=C\C[C@@H](O)[C@H](O)CCCCCCCC(=O)OC[C@H](COP(=O)(O)OC[C@@H](O)CO)OC(=O)CCCCCCCCCCCCCCCC(C)C. The van der Waals surface area contributed by atoms with E-state index in [1.165, 1.54) is 77.0 Å². The molecule has 0 aliphatic heterocycles. The number of ether oxygens (including phenoxy) is 2. The maximum Gasteiger partial charge on any atom is 0.472 e. The molecule has 12 nitrogen and oxygen atoms in total. The molecule has 0 amide bonds. The van der Waals surface area contributed by atoms with Crippen LogP contribution in [0.5, 0.6) is 0 Å². The minimum atomic E-state index is -4.65. The summed E-state index contributed by atoms with van der Waals surface area (Å²) in [5, 5.41) is 38.7. The number of unbranched alkanes of at least 4 members (excludes halogenated alkanes) is 19. The number of aliphatic hydroxyl groups excluding tert-OH is 4. The van der Waals surface area contributed by atoms with Crippen LogP contribution >= 0.6 is 7.82 Å². The molecule has 0 aromatic carbocycles. The Bertz CT molecular complexity index is 994. The van der Waals surface area contributed by atoms with Gasteiger partial charge in [-0.15, -0.1) is 0 Å². The van der Waals surface area contributed by atoms with Crippen LogP contribution in [-0.2, 0) is 32.7 Å². The fraction of sp³-hybridized carbons (Fsp3) is 0.907. The van der Waals surface area contributed by atoms with Crippen molar-refractivity contribution in [2.75, 3.05) is 26.4 Å². The Morgan fingerprint density at radius 1 is 0.607 bits per heavy atom. The molecule has 0 rings (SSSR count). The molecule has 0 saturated carbocycles. The first-order valence-electron chi connectivity index (χ1n) is 22.2. The van der Waals surface area contributed by atoms with E-state index >= 15 is 0 Å². The van der Waals surface area contributed by atoms with Crippen LogP contribution in [0.3, 0.4) is 0 Å². The molecule has 13 heteroatoms. The third kappa shape index (κ3) is 36.9. The van der Waals surface area contributed by atoms with Gasteiger partial charge in [-0.25, -0.2) is 4.57 Å². The summed E-state index contributed by atoms with van der Waals surface area (Å²) in [4.78, 5) is 35.0. The van der Waals surface area contributed by atoms with E-state index < -0.39 is 64.0 Å².